The van der Waals surface area contributed by atoms with Gasteiger partial charge >= 0.3 is 6.03 Å². The second-order valence-corrected chi connectivity index (χ2v) is 9.79. The number of amides is 3. The molecular weight excluding hydrogens is 477 g/mol. The van der Waals surface area contributed by atoms with Crippen LogP contribution in [-0.2, 0) is 18.3 Å². The number of rotatable bonds is 7. The number of hydrogen-bond donors (Lipinski definition) is 2. The Morgan fingerprint density at radius 3 is 2.65 bits per heavy atom. The Morgan fingerprint density at radius 2 is 1.97 bits per heavy atom. The molecule has 1 saturated heterocycles. The summed E-state index contributed by atoms with van der Waals surface area (Å²) >= 11 is 0. The zero-order valence-corrected chi connectivity index (χ0v) is 20.9. The number of aromatic nitrogens is 4. The Morgan fingerprint density at radius 1 is 1.19 bits per heavy atom. The maximum atomic E-state index is 13.5. The standard InChI is InChI=1S/C26H30FN7O3/c1-33-23(30-31-32-33)19-7-10-22(37-2)21(15-19)28-25(36)29-26(11-12-26)24(35)34-13-3-4-18(16-34)14-17-5-8-20(27)9-6-17/h5-10,15,18H,3-4,11-14,16H2,1-2H3,(H2,28,29,36)/t18-/m0/s1. The maximum absolute atomic E-state index is 13.5. The van der Waals surface area contributed by atoms with Gasteiger partial charge in [-0.3, -0.25) is 4.79 Å². The van der Waals surface area contributed by atoms with Crippen LogP contribution < -0.4 is 15.4 Å². The van der Waals surface area contributed by atoms with Crippen LogP contribution in [0.3, 0.4) is 0 Å². The van der Waals surface area contributed by atoms with Crippen LogP contribution in [0.2, 0.25) is 0 Å². The van der Waals surface area contributed by atoms with Crippen LogP contribution in [0.1, 0.15) is 31.2 Å². The molecule has 0 unspecified atom stereocenters. The zero-order chi connectivity index (χ0) is 26.0. The summed E-state index contributed by atoms with van der Waals surface area (Å²) in [6.45, 7) is 1.30. The van der Waals surface area contributed by atoms with Gasteiger partial charge in [-0.05, 0) is 84.3 Å². The number of urea groups is 1. The van der Waals surface area contributed by atoms with Gasteiger partial charge in [0.1, 0.15) is 17.1 Å². The molecule has 1 saturated carbocycles. The third-order valence-electron chi connectivity index (χ3n) is 7.08. The van der Waals surface area contributed by atoms with Gasteiger partial charge in [-0.15, -0.1) is 5.10 Å². The van der Waals surface area contributed by atoms with Crippen molar-refractivity contribution in [3.8, 4) is 17.1 Å². The predicted octanol–water partition coefficient (Wildman–Crippen LogP) is 3.16. The molecule has 2 N–H and O–H groups in total. The smallest absolute Gasteiger partial charge is 0.320 e. The summed E-state index contributed by atoms with van der Waals surface area (Å²) in [5, 5.41) is 17.3. The molecule has 194 valence electrons. The van der Waals surface area contributed by atoms with Gasteiger partial charge in [0.15, 0.2) is 5.82 Å². The monoisotopic (exact) mass is 507 g/mol. The van der Waals surface area contributed by atoms with Gasteiger partial charge in [0.2, 0.25) is 5.91 Å². The number of ether oxygens (including phenoxy) is 1. The van der Waals surface area contributed by atoms with E-state index in [-0.39, 0.29) is 11.7 Å². The Hall–Kier alpha value is -4.02. The van der Waals surface area contributed by atoms with E-state index < -0.39 is 11.6 Å². The highest BCUT2D eigenvalue weighted by molar-refractivity contribution is 5.98. The number of anilines is 1. The fourth-order valence-electron chi connectivity index (χ4n) is 4.98. The number of piperidine rings is 1. The van der Waals surface area contributed by atoms with Crippen molar-refractivity contribution in [1.82, 2.24) is 30.4 Å². The first-order chi connectivity index (χ1) is 17.9. The van der Waals surface area contributed by atoms with Crippen LogP contribution in [0.4, 0.5) is 14.9 Å². The molecule has 11 heteroatoms. The van der Waals surface area contributed by atoms with Crippen molar-refractivity contribution in [3.05, 3.63) is 53.8 Å². The van der Waals surface area contributed by atoms with Gasteiger partial charge in [-0.25, -0.2) is 13.9 Å². The van der Waals surface area contributed by atoms with E-state index in [2.05, 4.69) is 26.2 Å². The number of aryl methyl sites for hydroxylation is 1. The summed E-state index contributed by atoms with van der Waals surface area (Å²) in [6, 6.07) is 11.3. The highest BCUT2D eigenvalue weighted by Gasteiger charge is 2.53. The molecule has 0 spiro atoms. The van der Waals surface area contributed by atoms with E-state index in [1.165, 1.54) is 23.9 Å². The predicted molar refractivity (Wildman–Crippen MR) is 134 cm³/mol. The zero-order valence-electron chi connectivity index (χ0n) is 20.9. The largest absolute Gasteiger partial charge is 0.495 e. The summed E-state index contributed by atoms with van der Waals surface area (Å²) in [6.07, 6.45) is 3.91. The first-order valence-corrected chi connectivity index (χ1v) is 12.4. The molecule has 0 radical (unpaired) electrons. The molecule has 1 aliphatic heterocycles. The molecule has 5 rings (SSSR count). The summed E-state index contributed by atoms with van der Waals surface area (Å²) in [4.78, 5) is 28.3. The van der Waals surface area contributed by atoms with E-state index in [9.17, 15) is 14.0 Å². The lowest BCUT2D eigenvalue weighted by atomic mass is 9.91. The van der Waals surface area contributed by atoms with Crippen LogP contribution in [0.5, 0.6) is 5.75 Å². The first-order valence-electron chi connectivity index (χ1n) is 12.4. The van der Waals surface area contributed by atoms with Crippen LogP contribution in [0, 0.1) is 11.7 Å². The lowest BCUT2D eigenvalue weighted by Crippen LogP contribution is -2.54. The third kappa shape index (κ3) is 5.40. The molecule has 1 aliphatic carbocycles. The number of nitrogens with zero attached hydrogens (tertiary/aromatic N) is 5. The van der Waals surface area contributed by atoms with Crippen molar-refractivity contribution in [2.24, 2.45) is 13.0 Å². The lowest BCUT2D eigenvalue weighted by molar-refractivity contribution is -0.136. The molecule has 2 aromatic carbocycles. The number of carbonyl (C=O) groups is 2. The van der Waals surface area contributed by atoms with Gasteiger partial charge in [0.25, 0.3) is 0 Å². The first kappa shape index (κ1) is 24.7. The minimum absolute atomic E-state index is 0.0441. The number of halogens is 1. The third-order valence-corrected chi connectivity index (χ3v) is 7.08. The maximum Gasteiger partial charge on any atom is 0.320 e. The van der Waals surface area contributed by atoms with Gasteiger partial charge in [-0.2, -0.15) is 0 Å². The molecule has 2 aliphatic rings. The van der Waals surface area contributed by atoms with Gasteiger partial charge in [0.05, 0.1) is 12.8 Å². The molecule has 0 bridgehead atoms. The fraction of sp³-hybridized carbons (Fsp3) is 0.423. The normalized spacial score (nSPS) is 18.2. The molecule has 3 amide bonds. The SMILES string of the molecule is COc1ccc(-c2nnnn2C)cc1NC(=O)NC1(C(=O)N2CCC[C@@H](Cc3ccc(F)cc3)C2)CC1. The van der Waals surface area contributed by atoms with Crippen LogP contribution in [-0.4, -0.2) is 62.8 Å². The average Bonchev–Trinajstić information content (AvgIpc) is 3.55. The number of hydrogen-bond acceptors (Lipinski definition) is 6. The van der Waals surface area contributed by atoms with Gasteiger partial charge in [-0.1, -0.05) is 12.1 Å². The highest BCUT2D eigenvalue weighted by Crippen LogP contribution is 2.39. The number of nitrogens with one attached hydrogen (secondary N) is 2. The Kier molecular flexibility index (Phi) is 6.77. The minimum atomic E-state index is -0.889. The minimum Gasteiger partial charge on any atom is -0.495 e. The highest BCUT2D eigenvalue weighted by atomic mass is 19.1. The fourth-order valence-corrected chi connectivity index (χ4v) is 4.98. The van der Waals surface area contributed by atoms with E-state index in [0.717, 1.165) is 24.8 Å². The number of methoxy groups -OCH3 is 1. The number of carbonyl (C=O) groups excluding carboxylic acids is 2. The molecule has 2 heterocycles. The van der Waals surface area contributed by atoms with E-state index in [4.69, 9.17) is 4.74 Å². The molecule has 1 aromatic heterocycles. The van der Waals surface area contributed by atoms with Crippen molar-refractivity contribution in [2.45, 2.75) is 37.6 Å². The molecule has 10 nitrogen and oxygen atoms in total. The summed E-state index contributed by atoms with van der Waals surface area (Å²) in [5.74, 6) is 1.02. The van der Waals surface area contributed by atoms with Gasteiger partial charge < -0.3 is 20.3 Å². The van der Waals surface area contributed by atoms with Crippen LogP contribution >= 0.6 is 0 Å². The second-order valence-electron chi connectivity index (χ2n) is 9.79. The van der Waals surface area contributed by atoms with Crippen LogP contribution in [0.15, 0.2) is 42.5 Å². The van der Waals surface area contributed by atoms with Gasteiger partial charge in [0, 0.05) is 25.7 Å². The molecule has 1 atom stereocenters. The van der Waals surface area contributed by atoms with E-state index in [1.807, 2.05) is 4.90 Å². The molecule has 3 aromatic rings. The Balaban J connectivity index is 1.23. The summed E-state index contributed by atoms with van der Waals surface area (Å²) < 4.78 is 20.2. The second kappa shape index (κ2) is 10.2. The molecule has 2 fully saturated rings. The molecule has 37 heavy (non-hydrogen) atoms. The van der Waals surface area contributed by atoms with Crippen molar-refractivity contribution in [1.29, 1.82) is 0 Å². The van der Waals surface area contributed by atoms with E-state index in [0.29, 0.717) is 54.7 Å². The Bertz CT molecular complexity index is 1290. The lowest BCUT2D eigenvalue weighted by Gasteiger charge is -2.35. The van der Waals surface area contributed by atoms with Crippen LogP contribution in [0.25, 0.3) is 11.4 Å². The number of likely N-dealkylation sites (tertiary alicyclic amines) is 1. The van der Waals surface area contributed by atoms with E-state index in [1.54, 1.807) is 37.4 Å². The topological polar surface area (TPSA) is 114 Å². The number of benzene rings is 2. The molecular formula is C26H30FN7O3. The summed E-state index contributed by atoms with van der Waals surface area (Å²) in [7, 11) is 3.25. The average molecular weight is 508 g/mol. The number of tetrazole rings is 1. The van der Waals surface area contributed by atoms with E-state index >= 15 is 0 Å². The Labute approximate surface area is 214 Å². The quantitative estimate of drug-likeness (QED) is 0.508. The van der Waals surface area contributed by atoms with Crippen molar-refractivity contribution < 1.29 is 18.7 Å². The van der Waals surface area contributed by atoms with Crippen molar-refractivity contribution in [3.63, 3.8) is 0 Å². The van der Waals surface area contributed by atoms with Crippen molar-refractivity contribution in [2.75, 3.05) is 25.5 Å². The van der Waals surface area contributed by atoms with Crippen molar-refractivity contribution >= 4 is 17.6 Å². The summed E-state index contributed by atoms with van der Waals surface area (Å²) in [5.41, 5.74) is 1.33.